The van der Waals surface area contributed by atoms with Gasteiger partial charge in [-0.3, -0.25) is 33.8 Å². The molecule has 2 heterocycles. The molecule has 2 aromatic rings. The Bertz CT molecular complexity index is 1640. The lowest BCUT2D eigenvalue weighted by Gasteiger charge is -2.44. The van der Waals surface area contributed by atoms with E-state index in [1.807, 2.05) is 20.8 Å². The molecule has 1 aliphatic heterocycles. The van der Waals surface area contributed by atoms with Crippen molar-refractivity contribution in [3.63, 3.8) is 0 Å². The minimum Gasteiger partial charge on any atom is -0.363 e. The van der Waals surface area contributed by atoms with Crippen LogP contribution in [0, 0.1) is 23.1 Å². The normalized spacial score (nSPS) is 20.0. The molecule has 1 aromatic carbocycles. The number of piperazine rings is 1. The number of carbonyl (C=O) groups excluding carboxylic acids is 6. The molecule has 15 heteroatoms. The number of nitrogens with one attached hydrogen (secondary N) is 3. The average molecular weight is 735 g/mol. The molecule has 53 heavy (non-hydrogen) atoms. The minimum absolute atomic E-state index is 0.0698. The van der Waals surface area contributed by atoms with Gasteiger partial charge in [-0.1, -0.05) is 59.3 Å². The fourth-order valence-corrected chi connectivity index (χ4v) is 7.44. The highest BCUT2D eigenvalue weighted by Gasteiger charge is 2.43. The number of benzene rings is 1. The zero-order valence-electron chi connectivity index (χ0n) is 30.7. The quantitative estimate of drug-likeness (QED) is 0.223. The van der Waals surface area contributed by atoms with Crippen molar-refractivity contribution >= 4 is 41.0 Å². The topological polar surface area (TPSA) is 197 Å². The van der Waals surface area contributed by atoms with E-state index < -0.39 is 70.7 Å². The number of hydrogen-bond donors (Lipinski definition) is 4. The minimum atomic E-state index is -1.14. The number of anilines is 1. The molecule has 5 rings (SSSR count). The Morgan fingerprint density at radius 1 is 0.906 bits per heavy atom. The summed E-state index contributed by atoms with van der Waals surface area (Å²) in [6.45, 7) is 5.69. The lowest BCUT2D eigenvalue weighted by Crippen LogP contribution is -2.66. The molecule has 0 spiro atoms. The van der Waals surface area contributed by atoms with Crippen LogP contribution in [-0.4, -0.2) is 94.0 Å². The number of primary amides is 1. The van der Waals surface area contributed by atoms with Gasteiger partial charge in [0.2, 0.25) is 23.5 Å². The monoisotopic (exact) mass is 734 g/mol. The first kappa shape index (κ1) is 39.3. The van der Waals surface area contributed by atoms with Crippen molar-refractivity contribution in [1.29, 1.82) is 0 Å². The zero-order valence-corrected chi connectivity index (χ0v) is 30.7. The van der Waals surface area contributed by atoms with Crippen LogP contribution in [0.25, 0.3) is 0 Å². The van der Waals surface area contributed by atoms with Crippen LogP contribution in [0.3, 0.4) is 0 Å². The molecule has 14 nitrogen and oxygen atoms in total. The van der Waals surface area contributed by atoms with E-state index in [0.717, 1.165) is 51.4 Å². The predicted molar refractivity (Wildman–Crippen MR) is 193 cm³/mol. The number of halogens is 1. The number of amides is 5. The number of hydrogen-bond acceptors (Lipinski definition) is 9. The summed E-state index contributed by atoms with van der Waals surface area (Å²) >= 11 is 0. The van der Waals surface area contributed by atoms with Crippen molar-refractivity contribution in [3.8, 4) is 0 Å². The Labute approximate surface area is 309 Å². The van der Waals surface area contributed by atoms with Crippen LogP contribution in [0.2, 0.25) is 0 Å². The first-order valence-electron chi connectivity index (χ1n) is 18.5. The van der Waals surface area contributed by atoms with Crippen molar-refractivity contribution in [3.05, 3.63) is 54.4 Å². The van der Waals surface area contributed by atoms with Gasteiger partial charge in [-0.05, 0) is 60.8 Å². The second kappa shape index (κ2) is 17.3. The molecular weight excluding hydrogens is 683 g/mol. The second-order valence-electron chi connectivity index (χ2n) is 15.5. The summed E-state index contributed by atoms with van der Waals surface area (Å²) in [5.41, 5.74) is 5.17. The Morgan fingerprint density at radius 2 is 1.60 bits per heavy atom. The summed E-state index contributed by atoms with van der Waals surface area (Å²) in [6, 6.07) is 1.50. The highest BCUT2D eigenvalue weighted by molar-refractivity contribution is 6.37. The molecular formula is C38H51FN8O6. The van der Waals surface area contributed by atoms with Crippen LogP contribution in [0.1, 0.15) is 89.0 Å². The van der Waals surface area contributed by atoms with Crippen LogP contribution >= 0.6 is 0 Å². The summed E-state index contributed by atoms with van der Waals surface area (Å²) in [5.74, 6) is -4.53. The second-order valence-corrected chi connectivity index (χ2v) is 15.5. The highest BCUT2D eigenvalue weighted by Crippen LogP contribution is 2.32. The fraction of sp³-hybridized carbons (Fsp3) is 0.579. The summed E-state index contributed by atoms with van der Waals surface area (Å²) < 4.78 is 13.9. The Morgan fingerprint density at radius 3 is 2.19 bits per heavy atom. The van der Waals surface area contributed by atoms with Crippen LogP contribution in [0.5, 0.6) is 0 Å². The molecule has 0 radical (unpaired) electrons. The van der Waals surface area contributed by atoms with Gasteiger partial charge in [0.15, 0.2) is 0 Å². The van der Waals surface area contributed by atoms with Gasteiger partial charge >= 0.3 is 0 Å². The van der Waals surface area contributed by atoms with Crippen LogP contribution < -0.4 is 26.6 Å². The maximum atomic E-state index is 14.5. The van der Waals surface area contributed by atoms with Gasteiger partial charge in [0, 0.05) is 31.2 Å². The highest BCUT2D eigenvalue weighted by atomic mass is 19.1. The number of aromatic nitrogens is 2. The van der Waals surface area contributed by atoms with Crippen LogP contribution in [-0.2, 0) is 24.0 Å². The van der Waals surface area contributed by atoms with Gasteiger partial charge in [0.05, 0.1) is 18.8 Å². The van der Waals surface area contributed by atoms with E-state index in [0.29, 0.717) is 5.69 Å². The first-order chi connectivity index (χ1) is 25.2. The van der Waals surface area contributed by atoms with E-state index in [-0.39, 0.29) is 43.6 Å². The van der Waals surface area contributed by atoms with E-state index in [9.17, 15) is 33.2 Å². The van der Waals surface area contributed by atoms with Gasteiger partial charge in [0.1, 0.15) is 29.6 Å². The van der Waals surface area contributed by atoms with Crippen molar-refractivity contribution in [2.45, 2.75) is 103 Å². The van der Waals surface area contributed by atoms with E-state index in [2.05, 4.69) is 25.9 Å². The maximum absolute atomic E-state index is 14.5. The Hall–Kier alpha value is -4.95. The van der Waals surface area contributed by atoms with Gasteiger partial charge in [-0.25, -0.2) is 9.37 Å². The zero-order chi connectivity index (χ0) is 38.3. The number of Topliss-reactive ketones (excluding diaryl/α,β-unsaturated/α-hetero) is 1. The lowest BCUT2D eigenvalue weighted by atomic mass is 9.80. The van der Waals surface area contributed by atoms with Crippen molar-refractivity contribution in [1.82, 2.24) is 30.8 Å². The van der Waals surface area contributed by atoms with E-state index in [4.69, 9.17) is 5.73 Å². The molecule has 2 aliphatic carbocycles. The number of nitrogens with zero attached hydrogens (tertiary/aromatic N) is 4. The van der Waals surface area contributed by atoms with E-state index >= 15 is 0 Å². The summed E-state index contributed by atoms with van der Waals surface area (Å²) in [7, 11) is 0. The molecule has 3 fully saturated rings. The van der Waals surface area contributed by atoms with Gasteiger partial charge < -0.3 is 31.5 Å². The fourth-order valence-electron chi connectivity index (χ4n) is 7.44. The number of ketones is 1. The number of carbonyl (C=O) groups is 6. The number of nitrogens with two attached hydrogens (primary N) is 1. The lowest BCUT2D eigenvalue weighted by molar-refractivity contribution is -0.142. The van der Waals surface area contributed by atoms with Gasteiger partial charge in [-0.15, -0.1) is 0 Å². The average Bonchev–Trinajstić information content (AvgIpc) is 3.13. The third-order valence-corrected chi connectivity index (χ3v) is 10.7. The van der Waals surface area contributed by atoms with Gasteiger partial charge in [0.25, 0.3) is 11.8 Å². The maximum Gasteiger partial charge on any atom is 0.287 e. The Kier molecular flexibility index (Phi) is 12.8. The SMILES string of the molecule is CC(C)(C)[C@H](NC(=O)[C@@H](NC(=O)c1cnccn1)C1CCCCC1)C(=O)N1CCN(c2ccc(F)cc2)[C@@H](C(=O)NC(CC2CCC2)C(=O)C(N)=O)C1. The van der Waals surface area contributed by atoms with E-state index in [1.165, 1.54) is 47.8 Å². The third kappa shape index (κ3) is 9.93. The smallest absolute Gasteiger partial charge is 0.287 e. The molecule has 3 aliphatic rings. The molecule has 286 valence electrons. The molecule has 1 unspecified atom stereocenters. The standard InChI is InChI=1S/C38H51FN8O6/c1-38(2,3)32(45-36(52)30(24-10-5-4-6-11-24)44-34(50)28-21-41-16-17-42-28)37(53)46-18-19-47(26-14-12-25(39)13-15-26)29(22-46)35(51)43-27(31(48)33(40)49)20-23-8-7-9-23/h12-17,21,23-24,27,29-30,32H,4-11,18-20,22H2,1-3H3,(H2,40,49)(H,43,51)(H,44,50)(H,45,52)/t27?,29-,30+,32-/m1/s1. The van der Waals surface area contributed by atoms with Crippen LogP contribution in [0.4, 0.5) is 10.1 Å². The van der Waals surface area contributed by atoms with Crippen molar-refractivity contribution in [2.24, 2.45) is 23.0 Å². The Balaban J connectivity index is 1.38. The molecule has 0 bridgehead atoms. The van der Waals surface area contributed by atoms with Crippen molar-refractivity contribution < 1.29 is 33.2 Å². The summed E-state index contributed by atoms with van der Waals surface area (Å²) in [5, 5.41) is 8.57. The molecule has 1 saturated heterocycles. The molecule has 4 atom stereocenters. The molecule has 1 aromatic heterocycles. The largest absolute Gasteiger partial charge is 0.363 e. The van der Waals surface area contributed by atoms with E-state index in [1.54, 1.807) is 4.90 Å². The number of rotatable bonds is 13. The van der Waals surface area contributed by atoms with Crippen LogP contribution in [0.15, 0.2) is 42.9 Å². The summed E-state index contributed by atoms with van der Waals surface area (Å²) in [4.78, 5) is 91.9. The molecule has 5 N–H and O–H groups in total. The molecule has 5 amide bonds. The first-order valence-corrected chi connectivity index (χ1v) is 18.5. The van der Waals surface area contributed by atoms with Crippen molar-refractivity contribution in [2.75, 3.05) is 24.5 Å². The predicted octanol–water partition coefficient (Wildman–Crippen LogP) is 2.27. The summed E-state index contributed by atoms with van der Waals surface area (Å²) in [6.07, 6.45) is 11.5. The molecule has 2 saturated carbocycles. The van der Waals surface area contributed by atoms with Gasteiger partial charge in [-0.2, -0.15) is 0 Å². The third-order valence-electron chi connectivity index (χ3n) is 10.7.